The molecule has 350 valence electrons. The van der Waals surface area contributed by atoms with Crippen LogP contribution in [0.1, 0.15) is 142 Å². The molecule has 0 saturated heterocycles. The molecule has 61 heavy (non-hydrogen) atoms. The number of unbranched alkanes of at least 4 members (excludes halogenated alkanes) is 11. The van der Waals surface area contributed by atoms with Gasteiger partial charge in [-0.2, -0.15) is 0 Å². The highest BCUT2D eigenvalue weighted by atomic mass is 31.2. The molecule has 2 bridgehead atoms. The maximum Gasteiger partial charge on any atom is 0.472 e. The van der Waals surface area contributed by atoms with Crippen molar-refractivity contribution in [2.45, 2.75) is 191 Å². The lowest BCUT2D eigenvalue weighted by Gasteiger charge is -2.36. The van der Waals surface area contributed by atoms with Gasteiger partial charge in [0.25, 0.3) is 0 Å². The molecule has 0 radical (unpaired) electrons. The molecule has 1 aliphatic carbocycles. The Morgan fingerprint density at radius 3 is 2.18 bits per heavy atom. The number of hydrogen-bond acceptors (Lipinski definition) is 14. The first-order valence-corrected chi connectivity index (χ1v) is 24.0. The monoisotopic (exact) mass is 886 g/mol. The molecular formula is C45H75O15P. The van der Waals surface area contributed by atoms with Crippen LogP contribution in [0, 0.1) is 11.8 Å². The minimum absolute atomic E-state index is 0.0162. The number of cyclic esters (lactones) is 1. The van der Waals surface area contributed by atoms with Crippen molar-refractivity contribution < 1.29 is 73.0 Å². The van der Waals surface area contributed by atoms with Gasteiger partial charge in [0.15, 0.2) is 11.9 Å². The molecule has 7 N–H and O–H groups in total. The molecular weight excluding hydrogens is 811 g/mol. The standard InChI is InChI=1S/C45H75O15P/c1-3-5-7-8-9-10-11-12-13-14-15-16-22-26-39(49)59-35-31-57-38(48)25-21-18-17-20-23-33-27-30-37(47)36(29-28-34(46)24-19-6-4-2)41(51)43(53)45(44(54)42(52)40(33)50)60-61(55,56)58-32-35/h10-11,17,20,27-30,33-36,40-46,50-54H,3-9,12-16,18-19,21-26,31-32H2,1-2H3,(H,55,56)/b11-10-,20-17-,29-28+,30-27-/t33-,34-,35+,36-,40+,41+,42-,43+,44+,45+/m0/s1. The van der Waals surface area contributed by atoms with Gasteiger partial charge in [0.1, 0.15) is 31.0 Å². The van der Waals surface area contributed by atoms with Crippen LogP contribution in [0.3, 0.4) is 0 Å². The highest BCUT2D eigenvalue weighted by Crippen LogP contribution is 2.47. The van der Waals surface area contributed by atoms with Gasteiger partial charge in [-0.1, -0.05) is 114 Å². The van der Waals surface area contributed by atoms with Gasteiger partial charge in [-0.25, -0.2) is 4.57 Å². The van der Waals surface area contributed by atoms with Gasteiger partial charge in [0, 0.05) is 18.8 Å². The Morgan fingerprint density at radius 2 is 1.48 bits per heavy atom. The largest absolute Gasteiger partial charge is 0.472 e. The van der Waals surface area contributed by atoms with Gasteiger partial charge in [-0.3, -0.25) is 23.4 Å². The van der Waals surface area contributed by atoms with E-state index in [0.717, 1.165) is 57.4 Å². The van der Waals surface area contributed by atoms with Crippen LogP contribution in [0.15, 0.2) is 48.6 Å². The van der Waals surface area contributed by atoms with Crippen molar-refractivity contribution in [3.8, 4) is 0 Å². The summed E-state index contributed by atoms with van der Waals surface area (Å²) >= 11 is 0. The summed E-state index contributed by atoms with van der Waals surface area (Å²) in [4.78, 5) is 49.9. The van der Waals surface area contributed by atoms with Gasteiger partial charge in [0.05, 0.1) is 30.8 Å². The van der Waals surface area contributed by atoms with Crippen LogP contribution < -0.4 is 0 Å². The van der Waals surface area contributed by atoms with Crippen molar-refractivity contribution >= 4 is 25.5 Å². The summed E-state index contributed by atoms with van der Waals surface area (Å²) in [5.41, 5.74) is 0. The number of esters is 2. The Hall–Kier alpha value is -2.56. The quantitative estimate of drug-likeness (QED) is 0.0321. The van der Waals surface area contributed by atoms with Gasteiger partial charge in [0.2, 0.25) is 0 Å². The second kappa shape index (κ2) is 31.3. The van der Waals surface area contributed by atoms with Crippen LogP contribution >= 0.6 is 7.82 Å². The van der Waals surface area contributed by atoms with Crippen molar-refractivity contribution in [2.24, 2.45) is 11.8 Å². The number of aliphatic hydroxyl groups is 6. The third kappa shape index (κ3) is 22.6. The number of allylic oxidation sites excluding steroid dienone is 5. The molecule has 0 aromatic heterocycles. The molecule has 15 nitrogen and oxygen atoms in total. The summed E-state index contributed by atoms with van der Waals surface area (Å²) < 4.78 is 34.6. The number of ether oxygens (including phenoxy) is 2. The van der Waals surface area contributed by atoms with Gasteiger partial charge in [-0.05, 0) is 63.9 Å². The molecule has 1 heterocycles. The summed E-state index contributed by atoms with van der Waals surface area (Å²) in [5, 5.41) is 66.9. The van der Waals surface area contributed by atoms with Crippen molar-refractivity contribution in [3.05, 3.63) is 48.6 Å². The topological polar surface area (TPSA) is 247 Å². The van der Waals surface area contributed by atoms with Gasteiger partial charge in [-0.15, -0.1) is 0 Å². The van der Waals surface area contributed by atoms with Crippen molar-refractivity contribution in [1.82, 2.24) is 0 Å². The second-order valence-electron chi connectivity index (χ2n) is 16.2. The molecule has 16 heteroatoms. The van der Waals surface area contributed by atoms with Gasteiger partial charge < -0.3 is 45.0 Å². The van der Waals surface area contributed by atoms with E-state index < -0.39 is 99.4 Å². The second-order valence-corrected chi connectivity index (χ2v) is 17.6. The fraction of sp³-hybridized carbons (Fsp3) is 0.756. The van der Waals surface area contributed by atoms with E-state index in [1.807, 2.05) is 6.92 Å². The lowest BCUT2D eigenvalue weighted by atomic mass is 9.87. The van der Waals surface area contributed by atoms with Crippen LogP contribution in [0.4, 0.5) is 0 Å². The average molecular weight is 887 g/mol. The Labute approximate surface area is 362 Å². The highest BCUT2D eigenvalue weighted by Gasteiger charge is 2.47. The van der Waals surface area contributed by atoms with Crippen LogP contribution in [-0.4, -0.2) is 115 Å². The first-order chi connectivity index (χ1) is 29.2. The minimum Gasteiger partial charge on any atom is -0.462 e. The maximum atomic E-state index is 13.5. The molecule has 0 amide bonds. The number of ketones is 1. The van der Waals surface area contributed by atoms with Crippen LogP contribution in [0.5, 0.6) is 0 Å². The average Bonchev–Trinajstić information content (AvgIpc) is 3.23. The Kier molecular flexibility index (Phi) is 28.0. The fourth-order valence-corrected chi connectivity index (χ4v) is 8.04. The molecule has 1 aliphatic heterocycles. The lowest BCUT2D eigenvalue weighted by Crippen LogP contribution is -2.55. The van der Waals surface area contributed by atoms with E-state index >= 15 is 0 Å². The number of phosphoric acid groups is 1. The molecule has 0 aromatic carbocycles. The number of carbonyl (C=O) groups is 3. The van der Waals surface area contributed by atoms with E-state index in [-0.39, 0.29) is 19.3 Å². The molecule has 0 fully saturated rings. The smallest absolute Gasteiger partial charge is 0.462 e. The summed E-state index contributed by atoms with van der Waals surface area (Å²) in [5.74, 6) is -4.67. The third-order valence-corrected chi connectivity index (χ3v) is 11.9. The predicted molar refractivity (Wildman–Crippen MR) is 230 cm³/mol. The number of fused-ring (bicyclic) bond motifs is 4. The van der Waals surface area contributed by atoms with Crippen molar-refractivity contribution in [1.29, 1.82) is 0 Å². The Bertz CT molecular complexity index is 1420. The van der Waals surface area contributed by atoms with Gasteiger partial charge >= 0.3 is 19.8 Å². The highest BCUT2D eigenvalue weighted by molar-refractivity contribution is 7.47. The molecule has 1 unspecified atom stereocenters. The number of rotatable bonds is 20. The Balaban J connectivity index is 2.24. The summed E-state index contributed by atoms with van der Waals surface area (Å²) in [6, 6.07) is 0. The summed E-state index contributed by atoms with van der Waals surface area (Å²) in [7, 11) is -5.42. The third-order valence-electron chi connectivity index (χ3n) is 10.9. The number of phosphoric ester groups is 1. The normalized spacial score (nSPS) is 31.9. The molecule has 11 atom stereocenters. The zero-order valence-electron chi connectivity index (χ0n) is 36.3. The summed E-state index contributed by atoms with van der Waals surface area (Å²) in [6.45, 7) is 2.81. The van der Waals surface area contributed by atoms with Crippen LogP contribution in [0.2, 0.25) is 0 Å². The van der Waals surface area contributed by atoms with Crippen molar-refractivity contribution in [3.63, 3.8) is 0 Å². The van der Waals surface area contributed by atoms with E-state index in [1.54, 1.807) is 12.2 Å². The number of hydrogen-bond donors (Lipinski definition) is 7. The zero-order valence-corrected chi connectivity index (χ0v) is 37.2. The van der Waals surface area contributed by atoms with E-state index in [9.17, 15) is 54.5 Å². The van der Waals surface area contributed by atoms with E-state index in [0.29, 0.717) is 32.1 Å². The molecule has 0 saturated carbocycles. The maximum absolute atomic E-state index is 13.5. The van der Waals surface area contributed by atoms with Crippen molar-refractivity contribution in [2.75, 3.05) is 13.2 Å². The molecule has 0 spiro atoms. The molecule has 2 aliphatic rings. The van der Waals surface area contributed by atoms with Crippen LogP contribution in [-0.2, 0) is 37.5 Å². The van der Waals surface area contributed by atoms with Crippen LogP contribution in [0.25, 0.3) is 0 Å². The first kappa shape index (κ1) is 54.6. The van der Waals surface area contributed by atoms with E-state index in [4.69, 9.17) is 18.5 Å². The molecule has 0 aromatic rings. The first-order valence-electron chi connectivity index (χ1n) is 22.5. The summed E-state index contributed by atoms with van der Waals surface area (Å²) in [6.07, 6.45) is 12.0. The zero-order chi connectivity index (χ0) is 45.0. The van der Waals surface area contributed by atoms with E-state index in [2.05, 4.69) is 19.1 Å². The Morgan fingerprint density at radius 1 is 0.836 bits per heavy atom. The molecule has 2 rings (SSSR count). The fourth-order valence-electron chi connectivity index (χ4n) is 7.07. The SMILES string of the molecule is CCCCCC/C=C\CCCCCCCC(=O)O[C@@H]1COC(=O)CCC/C=C\C[C@H]2/C=C\C(=O)[C@H](/C=C/[C@@H](O)CCCCC)[C@@H](O)[C@@H](O)[C@@H](OP(=O)(O)OC1)[C@H](O)[C@@H](O)[C@@H]2O. The minimum atomic E-state index is -5.42. The predicted octanol–water partition coefficient (Wildman–Crippen LogP) is 6.00. The number of aliphatic hydroxyl groups excluding tert-OH is 6. The lowest BCUT2D eigenvalue weighted by molar-refractivity contribution is -0.164. The number of carbonyl (C=O) groups excluding carboxylic acids is 3. The van der Waals surface area contributed by atoms with E-state index in [1.165, 1.54) is 43.9 Å².